The third-order valence-corrected chi connectivity index (χ3v) is 4.50. The standard InChI is InChI=1S/C12H22OSi/c1-14(2,3)9-10-8-13-12-7-5-4-6-11(10)12/h9,11-12H,4-8H2,1-3H3/b10-9-/t11-,12-/m1/s1. The van der Waals surface area contributed by atoms with Crippen LogP contribution in [0.2, 0.25) is 19.6 Å². The topological polar surface area (TPSA) is 9.23 Å². The number of rotatable bonds is 1. The largest absolute Gasteiger partial charge is 0.373 e. The van der Waals surface area contributed by atoms with E-state index in [-0.39, 0.29) is 0 Å². The van der Waals surface area contributed by atoms with E-state index in [0.717, 1.165) is 12.5 Å². The lowest BCUT2D eigenvalue weighted by Gasteiger charge is -2.25. The molecule has 0 aromatic heterocycles. The van der Waals surface area contributed by atoms with Crippen molar-refractivity contribution < 1.29 is 4.74 Å². The SMILES string of the molecule is C[Si](C)(C)/C=C1/CO[C@@H]2CCCC[C@H]12. The number of hydrogen-bond donors (Lipinski definition) is 0. The highest BCUT2D eigenvalue weighted by molar-refractivity contribution is 6.81. The van der Waals surface area contributed by atoms with Crippen LogP contribution in [0.3, 0.4) is 0 Å². The first kappa shape index (κ1) is 10.4. The van der Waals surface area contributed by atoms with E-state index < -0.39 is 8.07 Å². The summed E-state index contributed by atoms with van der Waals surface area (Å²) in [6.45, 7) is 8.17. The molecule has 0 aromatic carbocycles. The fraction of sp³-hybridized carbons (Fsp3) is 0.833. The van der Waals surface area contributed by atoms with Gasteiger partial charge >= 0.3 is 0 Å². The Labute approximate surface area is 88.5 Å². The summed E-state index contributed by atoms with van der Waals surface area (Å²) in [6, 6.07) is 0. The average molecular weight is 210 g/mol. The maximum atomic E-state index is 5.87. The highest BCUT2D eigenvalue weighted by atomic mass is 28.3. The van der Waals surface area contributed by atoms with Crippen LogP contribution in [0.25, 0.3) is 0 Å². The van der Waals surface area contributed by atoms with Crippen LogP contribution in [0.15, 0.2) is 11.3 Å². The lowest BCUT2D eigenvalue weighted by atomic mass is 9.84. The van der Waals surface area contributed by atoms with Crippen LogP contribution in [-0.2, 0) is 4.74 Å². The van der Waals surface area contributed by atoms with Gasteiger partial charge in [0.05, 0.1) is 20.8 Å². The molecule has 0 radical (unpaired) electrons. The van der Waals surface area contributed by atoms with E-state index in [0.29, 0.717) is 6.10 Å². The van der Waals surface area contributed by atoms with Gasteiger partial charge in [0.2, 0.25) is 0 Å². The highest BCUT2D eigenvalue weighted by Crippen LogP contribution is 2.38. The second kappa shape index (κ2) is 3.82. The van der Waals surface area contributed by atoms with Crippen LogP contribution in [0.5, 0.6) is 0 Å². The lowest BCUT2D eigenvalue weighted by Crippen LogP contribution is -2.23. The van der Waals surface area contributed by atoms with Crippen LogP contribution in [0.4, 0.5) is 0 Å². The Morgan fingerprint density at radius 1 is 1.21 bits per heavy atom. The van der Waals surface area contributed by atoms with Crippen molar-refractivity contribution in [3.05, 3.63) is 11.3 Å². The third-order valence-electron chi connectivity index (χ3n) is 3.26. The van der Waals surface area contributed by atoms with Gasteiger partial charge in [-0.15, -0.1) is 0 Å². The number of ether oxygens (including phenoxy) is 1. The molecule has 2 heteroatoms. The molecule has 1 nitrogen and oxygen atoms in total. The monoisotopic (exact) mass is 210 g/mol. The molecule has 1 saturated carbocycles. The van der Waals surface area contributed by atoms with Crippen molar-refractivity contribution in [3.63, 3.8) is 0 Å². The second-order valence-corrected chi connectivity index (χ2v) is 10.8. The predicted octanol–water partition coefficient (Wildman–Crippen LogP) is 3.38. The van der Waals surface area contributed by atoms with Crippen LogP contribution in [-0.4, -0.2) is 20.8 Å². The molecule has 1 saturated heterocycles. The average Bonchev–Trinajstić information content (AvgIpc) is 2.47. The minimum absolute atomic E-state index is 0.575. The Bertz CT molecular complexity index is 239. The minimum atomic E-state index is -1.04. The molecule has 0 unspecified atom stereocenters. The van der Waals surface area contributed by atoms with Crippen molar-refractivity contribution >= 4 is 8.07 Å². The molecule has 80 valence electrons. The van der Waals surface area contributed by atoms with Crippen LogP contribution in [0.1, 0.15) is 25.7 Å². The van der Waals surface area contributed by atoms with Gasteiger partial charge in [-0.3, -0.25) is 0 Å². The summed E-state index contributed by atoms with van der Waals surface area (Å²) in [7, 11) is -1.04. The summed E-state index contributed by atoms with van der Waals surface area (Å²) in [5.74, 6) is 0.787. The second-order valence-electron chi connectivity index (χ2n) is 5.83. The van der Waals surface area contributed by atoms with Crippen molar-refractivity contribution in [2.24, 2.45) is 5.92 Å². The van der Waals surface area contributed by atoms with E-state index in [1.165, 1.54) is 25.7 Å². The fourth-order valence-electron chi connectivity index (χ4n) is 2.74. The first-order chi connectivity index (χ1) is 6.56. The molecule has 1 aliphatic carbocycles. The van der Waals surface area contributed by atoms with Gasteiger partial charge < -0.3 is 4.74 Å². The Morgan fingerprint density at radius 2 is 1.93 bits per heavy atom. The van der Waals surface area contributed by atoms with E-state index in [1.54, 1.807) is 5.57 Å². The van der Waals surface area contributed by atoms with Crippen molar-refractivity contribution in [2.75, 3.05) is 6.61 Å². The summed E-state index contributed by atoms with van der Waals surface area (Å²) in [5.41, 5.74) is 4.21. The van der Waals surface area contributed by atoms with E-state index >= 15 is 0 Å². The summed E-state index contributed by atoms with van der Waals surface area (Å²) >= 11 is 0. The molecule has 14 heavy (non-hydrogen) atoms. The minimum Gasteiger partial charge on any atom is -0.373 e. The van der Waals surface area contributed by atoms with Gasteiger partial charge in [0.25, 0.3) is 0 Å². The molecule has 0 aromatic rings. The van der Waals surface area contributed by atoms with Crippen LogP contribution in [0, 0.1) is 5.92 Å². The van der Waals surface area contributed by atoms with Crippen LogP contribution >= 0.6 is 0 Å². The summed E-state index contributed by atoms with van der Waals surface area (Å²) in [4.78, 5) is 0. The quantitative estimate of drug-likeness (QED) is 0.603. The zero-order valence-corrected chi connectivity index (χ0v) is 10.7. The summed E-state index contributed by atoms with van der Waals surface area (Å²) in [6.07, 6.45) is 6.04. The molecule has 2 fully saturated rings. The Morgan fingerprint density at radius 3 is 2.64 bits per heavy atom. The van der Waals surface area contributed by atoms with Gasteiger partial charge in [-0.25, -0.2) is 0 Å². The van der Waals surface area contributed by atoms with Gasteiger partial charge in [-0.2, -0.15) is 0 Å². The van der Waals surface area contributed by atoms with Gasteiger partial charge in [-0.1, -0.05) is 38.2 Å². The van der Waals surface area contributed by atoms with Gasteiger partial charge in [0.15, 0.2) is 0 Å². The van der Waals surface area contributed by atoms with E-state index in [4.69, 9.17) is 4.74 Å². The first-order valence-corrected chi connectivity index (χ1v) is 9.47. The Kier molecular flexibility index (Phi) is 2.85. The molecule has 0 spiro atoms. The number of fused-ring (bicyclic) bond motifs is 1. The molecular formula is C12H22OSi. The molecule has 0 N–H and O–H groups in total. The molecule has 0 bridgehead atoms. The highest BCUT2D eigenvalue weighted by Gasteiger charge is 2.34. The van der Waals surface area contributed by atoms with Crippen molar-refractivity contribution in [1.82, 2.24) is 0 Å². The van der Waals surface area contributed by atoms with Gasteiger partial charge in [-0.05, 0) is 18.4 Å². The van der Waals surface area contributed by atoms with Crippen molar-refractivity contribution in [2.45, 2.75) is 51.4 Å². The first-order valence-electron chi connectivity index (χ1n) is 5.89. The van der Waals surface area contributed by atoms with Gasteiger partial charge in [0, 0.05) is 5.92 Å². The molecular weight excluding hydrogens is 188 g/mol. The molecule has 0 amide bonds. The van der Waals surface area contributed by atoms with E-state index in [2.05, 4.69) is 25.3 Å². The zero-order chi connectivity index (χ0) is 10.2. The fourth-order valence-corrected chi connectivity index (χ4v) is 4.15. The molecule has 2 rings (SSSR count). The Hall–Kier alpha value is -0.0831. The lowest BCUT2D eigenvalue weighted by molar-refractivity contribution is 0.0663. The Balaban J connectivity index is 2.11. The molecule has 1 aliphatic heterocycles. The van der Waals surface area contributed by atoms with Gasteiger partial charge in [0.1, 0.15) is 0 Å². The molecule has 2 aliphatic rings. The van der Waals surface area contributed by atoms with E-state index in [1.807, 2.05) is 0 Å². The maximum absolute atomic E-state index is 5.87. The third kappa shape index (κ3) is 2.29. The van der Waals surface area contributed by atoms with E-state index in [9.17, 15) is 0 Å². The predicted molar refractivity (Wildman–Crippen MR) is 63.1 cm³/mol. The summed E-state index contributed by atoms with van der Waals surface area (Å²) < 4.78 is 5.87. The van der Waals surface area contributed by atoms with Crippen LogP contribution < -0.4 is 0 Å². The zero-order valence-electron chi connectivity index (χ0n) is 9.68. The summed E-state index contributed by atoms with van der Waals surface area (Å²) in [5, 5.41) is 0. The van der Waals surface area contributed by atoms with Crippen molar-refractivity contribution in [3.8, 4) is 0 Å². The normalized spacial score (nSPS) is 36.1. The maximum Gasteiger partial charge on any atom is 0.0687 e. The van der Waals surface area contributed by atoms with Crippen molar-refractivity contribution in [1.29, 1.82) is 0 Å². The molecule has 1 heterocycles. The number of hydrogen-bond acceptors (Lipinski definition) is 1. The smallest absolute Gasteiger partial charge is 0.0687 e. The molecule has 2 atom stereocenters.